The molecule has 0 amide bonds. The van der Waals surface area contributed by atoms with Crippen molar-refractivity contribution in [1.82, 2.24) is 0 Å². The molecule has 0 saturated carbocycles. The lowest BCUT2D eigenvalue weighted by molar-refractivity contribution is -0.137. The number of carbonyl (C=O) groups excluding carboxylic acids is 1. The van der Waals surface area contributed by atoms with Crippen molar-refractivity contribution in [3.63, 3.8) is 0 Å². The SMILES string of the molecule is COC(=O)CSCc1cccc(OCCCC2=C(C)CC(c3ccccc3)=N2)c1. The average Bonchev–Trinajstić information content (AvgIpc) is 3.12. The van der Waals surface area contributed by atoms with Gasteiger partial charge >= 0.3 is 5.97 Å². The van der Waals surface area contributed by atoms with Gasteiger partial charge in [0.1, 0.15) is 5.75 Å². The molecular formula is C24H27NO3S. The molecule has 1 aliphatic rings. The van der Waals surface area contributed by atoms with Gasteiger partial charge in [0.2, 0.25) is 0 Å². The molecule has 0 aromatic heterocycles. The monoisotopic (exact) mass is 409 g/mol. The van der Waals surface area contributed by atoms with E-state index in [1.54, 1.807) is 11.8 Å². The molecule has 3 rings (SSSR count). The van der Waals surface area contributed by atoms with Crippen LogP contribution in [0.3, 0.4) is 0 Å². The summed E-state index contributed by atoms with van der Waals surface area (Å²) in [5.41, 5.74) is 6.06. The summed E-state index contributed by atoms with van der Waals surface area (Å²) in [6.45, 7) is 2.83. The van der Waals surface area contributed by atoms with Crippen molar-refractivity contribution in [3.8, 4) is 5.75 Å². The Morgan fingerprint density at radius 3 is 2.76 bits per heavy atom. The molecule has 0 radical (unpaired) electrons. The molecule has 29 heavy (non-hydrogen) atoms. The second kappa shape index (κ2) is 10.9. The van der Waals surface area contributed by atoms with Gasteiger partial charge in [-0.1, -0.05) is 42.5 Å². The molecule has 2 aromatic rings. The first-order chi connectivity index (χ1) is 14.2. The van der Waals surface area contributed by atoms with Gasteiger partial charge in [0.25, 0.3) is 0 Å². The molecule has 1 heterocycles. The van der Waals surface area contributed by atoms with Gasteiger partial charge in [-0.25, -0.2) is 0 Å². The minimum absolute atomic E-state index is 0.197. The molecule has 4 nitrogen and oxygen atoms in total. The maximum atomic E-state index is 11.2. The zero-order chi connectivity index (χ0) is 20.5. The van der Waals surface area contributed by atoms with Crippen LogP contribution in [0.2, 0.25) is 0 Å². The molecule has 1 aliphatic heterocycles. The van der Waals surface area contributed by atoms with Crippen LogP contribution in [0.15, 0.2) is 70.9 Å². The largest absolute Gasteiger partial charge is 0.494 e. The number of hydrogen-bond acceptors (Lipinski definition) is 5. The van der Waals surface area contributed by atoms with E-state index in [0.29, 0.717) is 12.4 Å². The molecule has 2 aromatic carbocycles. The molecular weight excluding hydrogens is 382 g/mol. The summed E-state index contributed by atoms with van der Waals surface area (Å²) < 4.78 is 10.6. The van der Waals surface area contributed by atoms with E-state index in [9.17, 15) is 4.79 Å². The second-order valence-electron chi connectivity index (χ2n) is 7.00. The van der Waals surface area contributed by atoms with Crippen LogP contribution < -0.4 is 4.74 Å². The first kappa shape index (κ1) is 21.2. The molecule has 0 spiro atoms. The fourth-order valence-corrected chi connectivity index (χ4v) is 3.99. The number of aliphatic imine (C=N–C) groups is 1. The van der Waals surface area contributed by atoms with Crippen LogP contribution in [0, 0.1) is 0 Å². The predicted octanol–water partition coefficient (Wildman–Crippen LogP) is 5.42. The molecule has 0 N–H and O–H groups in total. The van der Waals surface area contributed by atoms with E-state index in [-0.39, 0.29) is 5.97 Å². The fraction of sp³-hybridized carbons (Fsp3) is 0.333. The highest BCUT2D eigenvalue weighted by molar-refractivity contribution is 7.99. The molecule has 0 bridgehead atoms. The maximum Gasteiger partial charge on any atom is 0.315 e. The number of allylic oxidation sites excluding steroid dienone is 2. The Balaban J connectivity index is 1.43. The van der Waals surface area contributed by atoms with Crippen molar-refractivity contribution in [1.29, 1.82) is 0 Å². The number of benzene rings is 2. The van der Waals surface area contributed by atoms with E-state index in [4.69, 9.17) is 9.73 Å². The number of carbonyl (C=O) groups is 1. The summed E-state index contributed by atoms with van der Waals surface area (Å²) in [5, 5.41) is 0. The Morgan fingerprint density at radius 1 is 1.14 bits per heavy atom. The Kier molecular flexibility index (Phi) is 7.94. The molecule has 0 unspecified atom stereocenters. The second-order valence-corrected chi connectivity index (χ2v) is 7.98. The van der Waals surface area contributed by atoms with Crippen LogP contribution in [0.1, 0.15) is 37.3 Å². The Labute approximate surface area is 177 Å². The van der Waals surface area contributed by atoms with Crippen molar-refractivity contribution in [3.05, 3.63) is 77.0 Å². The molecule has 0 fully saturated rings. The van der Waals surface area contributed by atoms with Crippen molar-refractivity contribution in [2.24, 2.45) is 4.99 Å². The number of methoxy groups -OCH3 is 1. The number of hydrogen-bond donors (Lipinski definition) is 0. The number of ether oxygens (including phenoxy) is 2. The summed E-state index contributed by atoms with van der Waals surface area (Å²) >= 11 is 1.54. The first-order valence-electron chi connectivity index (χ1n) is 9.83. The topological polar surface area (TPSA) is 47.9 Å². The van der Waals surface area contributed by atoms with Crippen molar-refractivity contribution < 1.29 is 14.3 Å². The Hall–Kier alpha value is -2.53. The number of nitrogens with zero attached hydrogens (tertiary/aromatic N) is 1. The van der Waals surface area contributed by atoms with E-state index in [1.807, 2.05) is 30.3 Å². The lowest BCUT2D eigenvalue weighted by atomic mass is 10.0. The van der Waals surface area contributed by atoms with Gasteiger partial charge in [-0.05, 0) is 48.6 Å². The quantitative estimate of drug-likeness (QED) is 0.388. The highest BCUT2D eigenvalue weighted by atomic mass is 32.2. The van der Waals surface area contributed by atoms with Gasteiger partial charge < -0.3 is 9.47 Å². The standard InChI is InChI=1S/C24H27NO3S/c1-18-14-23(20-9-4-3-5-10-20)25-22(18)12-7-13-28-21-11-6-8-19(15-21)16-29-17-24(26)27-2/h3-6,8-11,15H,7,12-14,16-17H2,1-2H3. The van der Waals surface area contributed by atoms with E-state index in [1.165, 1.54) is 23.9 Å². The summed E-state index contributed by atoms with van der Waals surface area (Å²) in [7, 11) is 1.41. The smallest absolute Gasteiger partial charge is 0.315 e. The van der Waals surface area contributed by atoms with Gasteiger partial charge in [-0.2, -0.15) is 0 Å². The highest BCUT2D eigenvalue weighted by Gasteiger charge is 2.15. The summed E-state index contributed by atoms with van der Waals surface area (Å²) in [5.74, 6) is 1.79. The van der Waals surface area contributed by atoms with Crippen molar-refractivity contribution >= 4 is 23.4 Å². The fourth-order valence-electron chi connectivity index (χ4n) is 3.18. The summed E-state index contributed by atoms with van der Waals surface area (Å²) in [4.78, 5) is 16.0. The molecule has 5 heteroatoms. The molecule has 0 aliphatic carbocycles. The molecule has 0 atom stereocenters. The van der Waals surface area contributed by atoms with Crippen molar-refractivity contribution in [2.75, 3.05) is 19.5 Å². The van der Waals surface area contributed by atoms with Crippen molar-refractivity contribution in [2.45, 2.75) is 31.9 Å². The van der Waals surface area contributed by atoms with Crippen LogP contribution in [-0.4, -0.2) is 31.2 Å². The lowest BCUT2D eigenvalue weighted by Gasteiger charge is -2.08. The van der Waals surface area contributed by atoms with Gasteiger partial charge in [0.15, 0.2) is 0 Å². The van der Waals surface area contributed by atoms with Gasteiger partial charge in [0, 0.05) is 17.9 Å². The first-order valence-corrected chi connectivity index (χ1v) is 11.0. The van der Waals surface area contributed by atoms with E-state index >= 15 is 0 Å². The highest BCUT2D eigenvalue weighted by Crippen LogP contribution is 2.26. The van der Waals surface area contributed by atoms with Crippen LogP contribution in [-0.2, 0) is 15.3 Å². The van der Waals surface area contributed by atoms with Crippen LogP contribution in [0.4, 0.5) is 0 Å². The Bertz CT molecular complexity index is 890. The third-order valence-electron chi connectivity index (χ3n) is 4.74. The minimum atomic E-state index is -0.197. The lowest BCUT2D eigenvalue weighted by Crippen LogP contribution is -2.03. The Morgan fingerprint density at radius 2 is 1.97 bits per heavy atom. The van der Waals surface area contributed by atoms with Crippen LogP contribution in [0.25, 0.3) is 0 Å². The zero-order valence-electron chi connectivity index (χ0n) is 17.0. The third kappa shape index (κ3) is 6.50. The predicted molar refractivity (Wildman–Crippen MR) is 120 cm³/mol. The molecule has 0 saturated heterocycles. The number of esters is 1. The van der Waals surface area contributed by atoms with Gasteiger partial charge in [-0.15, -0.1) is 11.8 Å². The maximum absolute atomic E-state index is 11.2. The van der Waals surface area contributed by atoms with Gasteiger partial charge in [0.05, 0.1) is 25.2 Å². The average molecular weight is 410 g/mol. The van der Waals surface area contributed by atoms with Gasteiger partial charge in [-0.3, -0.25) is 9.79 Å². The third-order valence-corrected chi connectivity index (χ3v) is 5.72. The van der Waals surface area contributed by atoms with E-state index in [2.05, 4.69) is 35.9 Å². The number of thioether (sulfide) groups is 1. The van der Waals surface area contributed by atoms with E-state index < -0.39 is 0 Å². The molecule has 152 valence electrons. The van der Waals surface area contributed by atoms with Crippen LogP contribution in [0.5, 0.6) is 5.75 Å². The van der Waals surface area contributed by atoms with E-state index in [0.717, 1.165) is 42.0 Å². The summed E-state index contributed by atoms with van der Waals surface area (Å²) in [6.07, 6.45) is 2.79. The minimum Gasteiger partial charge on any atom is -0.494 e. The zero-order valence-corrected chi connectivity index (χ0v) is 17.8. The normalized spacial score (nSPS) is 13.4. The summed E-state index contributed by atoms with van der Waals surface area (Å²) in [6, 6.07) is 18.4. The van der Waals surface area contributed by atoms with Crippen LogP contribution >= 0.6 is 11.8 Å². The number of rotatable bonds is 10.